The molecule has 0 saturated carbocycles. The lowest BCUT2D eigenvalue weighted by Gasteiger charge is -2.45. The third kappa shape index (κ3) is 5.38. The van der Waals surface area contributed by atoms with Crippen molar-refractivity contribution in [2.24, 2.45) is 0 Å². The number of guanidine groups is 1. The van der Waals surface area contributed by atoms with Crippen LogP contribution in [0.4, 0.5) is 4.39 Å². The second kappa shape index (κ2) is 11.0. The number of amides is 2. The molecule has 2 aromatic rings. The lowest BCUT2D eigenvalue weighted by Crippen LogP contribution is -2.62. The van der Waals surface area contributed by atoms with Gasteiger partial charge in [0.05, 0.1) is 24.6 Å². The number of hydrogen-bond acceptors (Lipinski definition) is 5. The molecule has 0 spiro atoms. The normalized spacial score (nSPS) is 21.4. The predicted molar refractivity (Wildman–Crippen MR) is 138 cm³/mol. The number of carbonyl (C=O) groups is 2. The van der Waals surface area contributed by atoms with E-state index in [0.29, 0.717) is 36.1 Å². The van der Waals surface area contributed by atoms with E-state index < -0.39 is 35.5 Å². The maximum Gasteiger partial charge on any atom is 0.251 e. The molecule has 0 radical (unpaired) electrons. The van der Waals surface area contributed by atoms with Gasteiger partial charge in [-0.2, -0.15) is 0 Å². The molecule has 3 unspecified atom stereocenters. The second-order valence-corrected chi connectivity index (χ2v) is 9.89. The summed E-state index contributed by atoms with van der Waals surface area (Å²) in [4.78, 5) is 28.0. The van der Waals surface area contributed by atoms with E-state index >= 15 is 0 Å². The van der Waals surface area contributed by atoms with E-state index in [0.717, 1.165) is 18.4 Å². The van der Waals surface area contributed by atoms with Crippen molar-refractivity contribution in [1.82, 2.24) is 15.5 Å². The zero-order valence-corrected chi connectivity index (χ0v) is 21.5. The number of methoxy groups -OCH3 is 1. The molecule has 37 heavy (non-hydrogen) atoms. The van der Waals surface area contributed by atoms with Crippen LogP contribution in [0.25, 0.3) is 0 Å². The van der Waals surface area contributed by atoms with Crippen molar-refractivity contribution in [2.75, 3.05) is 13.7 Å². The fourth-order valence-corrected chi connectivity index (χ4v) is 5.41. The Morgan fingerprint density at radius 3 is 2.73 bits per heavy atom. The summed E-state index contributed by atoms with van der Waals surface area (Å²) < 4.78 is 19.1. The molecule has 4 rings (SSSR count). The van der Waals surface area contributed by atoms with Gasteiger partial charge < -0.3 is 20.5 Å². The van der Waals surface area contributed by atoms with Gasteiger partial charge in [-0.15, -0.1) is 0 Å². The molecular formula is C28H35FN4O4. The Balaban J connectivity index is 1.59. The first-order valence-corrected chi connectivity index (χ1v) is 12.8. The molecule has 2 aromatic carbocycles. The number of fused-ring (bicyclic) bond motifs is 1. The topological polar surface area (TPSA) is 115 Å². The van der Waals surface area contributed by atoms with Gasteiger partial charge in [0.25, 0.3) is 5.91 Å². The van der Waals surface area contributed by atoms with Gasteiger partial charge in [-0.05, 0) is 60.2 Å². The van der Waals surface area contributed by atoms with Gasteiger partial charge in [0, 0.05) is 31.2 Å². The van der Waals surface area contributed by atoms with Crippen LogP contribution in [0.1, 0.15) is 78.7 Å². The summed E-state index contributed by atoms with van der Waals surface area (Å²) in [5.74, 6) is -0.935. The molecular weight excluding hydrogens is 475 g/mol. The first-order valence-electron chi connectivity index (χ1n) is 12.8. The van der Waals surface area contributed by atoms with Crippen LogP contribution >= 0.6 is 0 Å². The Hall–Kier alpha value is -3.30. The lowest BCUT2D eigenvalue weighted by atomic mass is 9.86. The standard InChI is InChI=1S/C28H35FN4O4/c1-4-28(5-2)16-24(35)33(27(30)32-28)22(11-12-37-3)18-7-6-8-19(13-18)26(36)31-25-21-15-20(29)10-9-17(21)14-23(25)34/h6-10,13,15,22-23,25,34H,4-5,11-12,14,16H2,1-3H3,(H2,30,32)(H,31,36). The van der Waals surface area contributed by atoms with Gasteiger partial charge >= 0.3 is 0 Å². The minimum atomic E-state index is -0.853. The van der Waals surface area contributed by atoms with Gasteiger partial charge in [0.15, 0.2) is 5.96 Å². The molecule has 1 fully saturated rings. The molecule has 1 aliphatic carbocycles. The summed E-state index contributed by atoms with van der Waals surface area (Å²) in [6.45, 7) is 4.37. The Bertz CT molecular complexity index is 1160. The molecule has 2 amide bonds. The van der Waals surface area contributed by atoms with Gasteiger partial charge in [0.1, 0.15) is 5.82 Å². The van der Waals surface area contributed by atoms with Crippen molar-refractivity contribution in [3.05, 3.63) is 70.5 Å². The second-order valence-electron chi connectivity index (χ2n) is 9.89. The van der Waals surface area contributed by atoms with E-state index in [1.165, 1.54) is 17.0 Å². The number of benzene rings is 2. The van der Waals surface area contributed by atoms with Crippen LogP contribution in [0.15, 0.2) is 42.5 Å². The van der Waals surface area contributed by atoms with Gasteiger partial charge in [-0.1, -0.05) is 32.0 Å². The predicted octanol–water partition coefficient (Wildman–Crippen LogP) is 3.61. The number of carbonyl (C=O) groups excluding carboxylic acids is 2. The van der Waals surface area contributed by atoms with Crippen molar-refractivity contribution in [1.29, 1.82) is 5.41 Å². The van der Waals surface area contributed by atoms with E-state index in [-0.39, 0.29) is 18.3 Å². The van der Waals surface area contributed by atoms with Crippen molar-refractivity contribution in [3.8, 4) is 0 Å². The van der Waals surface area contributed by atoms with Crippen LogP contribution in [0.3, 0.4) is 0 Å². The molecule has 198 valence electrons. The first kappa shape index (κ1) is 26.8. The van der Waals surface area contributed by atoms with Crippen LogP contribution in [-0.4, -0.2) is 53.1 Å². The average Bonchev–Trinajstić information content (AvgIpc) is 3.19. The van der Waals surface area contributed by atoms with E-state index in [4.69, 9.17) is 10.1 Å². The Morgan fingerprint density at radius 2 is 2.05 bits per heavy atom. The summed E-state index contributed by atoms with van der Waals surface area (Å²) in [5, 5.41) is 25.3. The molecule has 0 bridgehead atoms. The van der Waals surface area contributed by atoms with Crippen LogP contribution in [-0.2, 0) is 16.0 Å². The Kier molecular flexibility index (Phi) is 7.94. The highest BCUT2D eigenvalue weighted by molar-refractivity contribution is 6.00. The van der Waals surface area contributed by atoms with E-state index in [2.05, 4.69) is 10.6 Å². The van der Waals surface area contributed by atoms with Crippen LogP contribution in [0.2, 0.25) is 0 Å². The zero-order valence-electron chi connectivity index (χ0n) is 21.5. The molecule has 1 heterocycles. The minimum absolute atomic E-state index is 0.0450. The van der Waals surface area contributed by atoms with E-state index in [1.807, 2.05) is 19.9 Å². The van der Waals surface area contributed by atoms with Crippen molar-refractivity contribution in [3.63, 3.8) is 0 Å². The Morgan fingerprint density at radius 1 is 1.30 bits per heavy atom. The van der Waals surface area contributed by atoms with Crippen molar-refractivity contribution in [2.45, 2.75) is 69.7 Å². The fraction of sp³-hybridized carbons (Fsp3) is 0.464. The Labute approximate surface area is 216 Å². The molecule has 2 aliphatic rings. The lowest BCUT2D eigenvalue weighted by molar-refractivity contribution is -0.133. The summed E-state index contributed by atoms with van der Waals surface area (Å²) in [7, 11) is 1.58. The molecule has 9 heteroatoms. The molecule has 1 saturated heterocycles. The molecule has 0 aromatic heterocycles. The maximum absolute atomic E-state index is 13.8. The van der Waals surface area contributed by atoms with Gasteiger partial charge in [-0.3, -0.25) is 19.9 Å². The van der Waals surface area contributed by atoms with E-state index in [1.54, 1.807) is 31.4 Å². The van der Waals surface area contributed by atoms with Gasteiger partial charge in [0.2, 0.25) is 5.91 Å². The monoisotopic (exact) mass is 510 g/mol. The number of rotatable bonds is 9. The SMILES string of the molecule is CCC1(CC)CC(=O)N(C(CCOC)c2cccc(C(=O)NC3c4cc(F)ccc4CC3O)c2)C(=N)N1. The van der Waals surface area contributed by atoms with Crippen LogP contribution in [0, 0.1) is 11.2 Å². The minimum Gasteiger partial charge on any atom is -0.390 e. The summed E-state index contributed by atoms with van der Waals surface area (Å²) >= 11 is 0. The summed E-state index contributed by atoms with van der Waals surface area (Å²) in [6, 6.07) is 10.0. The summed E-state index contributed by atoms with van der Waals surface area (Å²) in [6.07, 6.45) is 1.66. The zero-order chi connectivity index (χ0) is 26.7. The maximum atomic E-state index is 13.8. The van der Waals surface area contributed by atoms with E-state index in [9.17, 15) is 19.1 Å². The number of hydrogen-bond donors (Lipinski definition) is 4. The number of nitrogens with zero attached hydrogens (tertiary/aromatic N) is 1. The summed E-state index contributed by atoms with van der Waals surface area (Å²) in [5.41, 5.74) is 1.98. The molecule has 8 nitrogen and oxygen atoms in total. The third-order valence-corrected chi connectivity index (χ3v) is 7.72. The highest BCUT2D eigenvalue weighted by Gasteiger charge is 2.42. The molecule has 4 N–H and O–H groups in total. The van der Waals surface area contributed by atoms with Gasteiger partial charge in [-0.25, -0.2) is 4.39 Å². The van der Waals surface area contributed by atoms with Crippen LogP contribution < -0.4 is 10.6 Å². The number of aliphatic hydroxyl groups excluding tert-OH is 1. The molecule has 3 atom stereocenters. The number of aliphatic hydroxyl groups is 1. The average molecular weight is 511 g/mol. The largest absolute Gasteiger partial charge is 0.390 e. The highest BCUT2D eigenvalue weighted by atomic mass is 19.1. The first-order chi connectivity index (χ1) is 17.7. The van der Waals surface area contributed by atoms with Crippen molar-refractivity contribution >= 4 is 17.8 Å². The third-order valence-electron chi connectivity index (χ3n) is 7.72. The van der Waals surface area contributed by atoms with Crippen LogP contribution in [0.5, 0.6) is 0 Å². The quantitative estimate of drug-likeness (QED) is 0.412. The smallest absolute Gasteiger partial charge is 0.251 e. The number of nitrogens with one attached hydrogen (secondary N) is 3. The van der Waals surface area contributed by atoms with Crippen molar-refractivity contribution < 1.29 is 23.8 Å². The number of ether oxygens (including phenoxy) is 1. The number of halogens is 1. The molecule has 1 aliphatic heterocycles. The fourth-order valence-electron chi connectivity index (χ4n) is 5.41. The highest BCUT2D eigenvalue weighted by Crippen LogP contribution is 2.34.